The minimum atomic E-state index is 0.710. The van der Waals surface area contributed by atoms with E-state index in [-0.39, 0.29) is 0 Å². The predicted molar refractivity (Wildman–Crippen MR) is 50.9 cm³/mol. The minimum Gasteiger partial charge on any atom is -0.361 e. The summed E-state index contributed by atoms with van der Waals surface area (Å²) in [6.45, 7) is 1.67. The smallest absolute Gasteiger partial charge is 0.0379 e. The van der Waals surface area contributed by atoms with Crippen LogP contribution in [0.3, 0.4) is 0 Å². The van der Waals surface area contributed by atoms with Crippen LogP contribution in [0.4, 0.5) is 0 Å². The molecule has 68 valence electrons. The first-order valence-corrected chi connectivity index (χ1v) is 4.24. The van der Waals surface area contributed by atoms with Gasteiger partial charge in [-0.2, -0.15) is 0 Å². The topological polar surface area (TPSA) is 45.0 Å². The average molecular weight is 167 g/mol. The van der Waals surface area contributed by atoms with E-state index in [0.29, 0.717) is 6.54 Å². The summed E-state index contributed by atoms with van der Waals surface area (Å²) in [6.07, 6.45) is 0.938. The van der Waals surface area contributed by atoms with E-state index in [1.54, 1.807) is 0 Å². The van der Waals surface area contributed by atoms with E-state index in [4.69, 9.17) is 5.73 Å². The number of nitrogens with two attached hydrogens (primary N) is 1. The molecule has 0 aliphatic heterocycles. The van der Waals surface area contributed by atoms with Gasteiger partial charge < -0.3 is 15.6 Å². The highest BCUT2D eigenvalue weighted by Gasteiger charge is 1.98. The molecular formula is C9H17N3. The average Bonchev–Trinajstić information content (AvgIpc) is 2.36. The van der Waals surface area contributed by atoms with Gasteiger partial charge in [0.2, 0.25) is 0 Å². The monoisotopic (exact) mass is 167 g/mol. The third-order valence-corrected chi connectivity index (χ3v) is 1.71. The van der Waals surface area contributed by atoms with Crippen molar-refractivity contribution in [2.75, 3.05) is 20.6 Å². The van der Waals surface area contributed by atoms with Crippen molar-refractivity contribution in [2.24, 2.45) is 5.73 Å². The number of aromatic amines is 1. The lowest BCUT2D eigenvalue weighted by Gasteiger charge is -2.06. The number of hydrogen-bond acceptors (Lipinski definition) is 2. The van der Waals surface area contributed by atoms with Crippen LogP contribution in [0.15, 0.2) is 12.1 Å². The number of nitrogens with zero attached hydrogens (tertiary/aromatic N) is 1. The first-order chi connectivity index (χ1) is 5.72. The molecule has 1 rings (SSSR count). The summed E-state index contributed by atoms with van der Waals surface area (Å²) >= 11 is 0. The maximum Gasteiger partial charge on any atom is 0.0379 e. The standard InChI is InChI=1S/C9H17N3/c1-12(2)7-9-4-3-8(11-9)5-6-10/h3-4,11H,5-7,10H2,1-2H3. The largest absolute Gasteiger partial charge is 0.361 e. The molecule has 0 saturated carbocycles. The van der Waals surface area contributed by atoms with Gasteiger partial charge in [-0.3, -0.25) is 0 Å². The van der Waals surface area contributed by atoms with E-state index >= 15 is 0 Å². The van der Waals surface area contributed by atoms with E-state index < -0.39 is 0 Å². The molecule has 0 amide bonds. The first kappa shape index (κ1) is 9.29. The van der Waals surface area contributed by atoms with Crippen molar-refractivity contribution in [3.8, 4) is 0 Å². The van der Waals surface area contributed by atoms with Crippen LogP contribution in [-0.4, -0.2) is 30.5 Å². The number of nitrogens with one attached hydrogen (secondary N) is 1. The molecule has 3 heteroatoms. The Morgan fingerprint density at radius 1 is 1.33 bits per heavy atom. The quantitative estimate of drug-likeness (QED) is 0.689. The van der Waals surface area contributed by atoms with Gasteiger partial charge >= 0.3 is 0 Å². The fourth-order valence-electron chi connectivity index (χ4n) is 1.23. The molecule has 1 aromatic rings. The van der Waals surface area contributed by atoms with Crippen molar-refractivity contribution in [1.29, 1.82) is 0 Å². The van der Waals surface area contributed by atoms with Crippen molar-refractivity contribution in [3.05, 3.63) is 23.5 Å². The zero-order valence-corrected chi connectivity index (χ0v) is 7.80. The third kappa shape index (κ3) is 2.68. The molecule has 0 saturated heterocycles. The van der Waals surface area contributed by atoms with Gasteiger partial charge in [0.25, 0.3) is 0 Å². The van der Waals surface area contributed by atoms with Crippen molar-refractivity contribution in [2.45, 2.75) is 13.0 Å². The van der Waals surface area contributed by atoms with Gasteiger partial charge in [-0.1, -0.05) is 0 Å². The highest BCUT2D eigenvalue weighted by Crippen LogP contribution is 2.03. The fraction of sp³-hybridized carbons (Fsp3) is 0.556. The summed E-state index contributed by atoms with van der Waals surface area (Å²) in [6, 6.07) is 4.22. The van der Waals surface area contributed by atoms with Gasteiger partial charge in [-0.05, 0) is 39.2 Å². The van der Waals surface area contributed by atoms with E-state index in [0.717, 1.165) is 13.0 Å². The zero-order chi connectivity index (χ0) is 8.97. The van der Waals surface area contributed by atoms with Crippen LogP contribution in [0.2, 0.25) is 0 Å². The SMILES string of the molecule is CN(C)Cc1ccc(CCN)[nH]1. The Morgan fingerprint density at radius 3 is 2.58 bits per heavy atom. The lowest BCUT2D eigenvalue weighted by Crippen LogP contribution is -2.11. The second kappa shape index (κ2) is 4.28. The van der Waals surface area contributed by atoms with Gasteiger partial charge in [0.15, 0.2) is 0 Å². The molecule has 0 atom stereocenters. The minimum absolute atomic E-state index is 0.710. The predicted octanol–water partition coefficient (Wildman–Crippen LogP) is 0.578. The Morgan fingerprint density at radius 2 is 2.00 bits per heavy atom. The molecule has 0 fully saturated rings. The molecule has 3 nitrogen and oxygen atoms in total. The van der Waals surface area contributed by atoms with Crippen molar-refractivity contribution in [1.82, 2.24) is 9.88 Å². The maximum absolute atomic E-state index is 5.44. The van der Waals surface area contributed by atoms with Crippen LogP contribution in [-0.2, 0) is 13.0 Å². The van der Waals surface area contributed by atoms with Crippen molar-refractivity contribution >= 4 is 0 Å². The van der Waals surface area contributed by atoms with Gasteiger partial charge in [-0.15, -0.1) is 0 Å². The number of H-pyrrole nitrogens is 1. The second-order valence-corrected chi connectivity index (χ2v) is 3.29. The summed E-state index contributed by atoms with van der Waals surface area (Å²) < 4.78 is 0. The van der Waals surface area contributed by atoms with E-state index in [2.05, 4.69) is 36.1 Å². The van der Waals surface area contributed by atoms with Crippen LogP contribution < -0.4 is 5.73 Å². The van der Waals surface area contributed by atoms with Gasteiger partial charge in [0, 0.05) is 17.9 Å². The maximum atomic E-state index is 5.44. The molecule has 0 spiro atoms. The molecule has 0 aliphatic rings. The summed E-state index contributed by atoms with van der Waals surface area (Å²) in [5, 5.41) is 0. The Bertz CT molecular complexity index is 227. The number of aromatic nitrogens is 1. The number of rotatable bonds is 4. The van der Waals surface area contributed by atoms with Gasteiger partial charge in [0.1, 0.15) is 0 Å². The summed E-state index contributed by atoms with van der Waals surface area (Å²) in [4.78, 5) is 5.46. The van der Waals surface area contributed by atoms with Crippen molar-refractivity contribution in [3.63, 3.8) is 0 Å². The first-order valence-electron chi connectivity index (χ1n) is 4.24. The van der Waals surface area contributed by atoms with E-state index in [1.165, 1.54) is 11.4 Å². The number of hydrogen-bond donors (Lipinski definition) is 2. The lowest BCUT2D eigenvalue weighted by atomic mass is 10.3. The van der Waals surface area contributed by atoms with Gasteiger partial charge in [-0.25, -0.2) is 0 Å². The Balaban J connectivity index is 2.52. The molecule has 0 aliphatic carbocycles. The Labute approximate surface area is 73.6 Å². The van der Waals surface area contributed by atoms with E-state index in [9.17, 15) is 0 Å². The van der Waals surface area contributed by atoms with Crippen LogP contribution in [0.25, 0.3) is 0 Å². The molecule has 12 heavy (non-hydrogen) atoms. The Hall–Kier alpha value is -0.800. The van der Waals surface area contributed by atoms with Crippen LogP contribution in [0, 0.1) is 0 Å². The second-order valence-electron chi connectivity index (χ2n) is 3.29. The molecule has 1 heterocycles. The molecule has 0 bridgehead atoms. The molecule has 0 radical (unpaired) electrons. The highest BCUT2D eigenvalue weighted by molar-refractivity contribution is 5.13. The van der Waals surface area contributed by atoms with E-state index in [1.807, 2.05) is 0 Å². The zero-order valence-electron chi connectivity index (χ0n) is 7.80. The normalized spacial score (nSPS) is 11.0. The third-order valence-electron chi connectivity index (χ3n) is 1.71. The molecule has 3 N–H and O–H groups in total. The lowest BCUT2D eigenvalue weighted by molar-refractivity contribution is 0.397. The van der Waals surface area contributed by atoms with Crippen molar-refractivity contribution < 1.29 is 0 Å². The molecule has 0 unspecified atom stereocenters. The van der Waals surface area contributed by atoms with Gasteiger partial charge in [0.05, 0.1) is 0 Å². The summed E-state index contributed by atoms with van der Waals surface area (Å²) in [5.74, 6) is 0. The highest BCUT2D eigenvalue weighted by atomic mass is 15.1. The Kier molecular flexibility index (Phi) is 3.31. The van der Waals surface area contributed by atoms with Crippen LogP contribution in [0.1, 0.15) is 11.4 Å². The molecule has 0 aromatic carbocycles. The summed E-state index contributed by atoms with van der Waals surface area (Å²) in [7, 11) is 4.12. The van der Waals surface area contributed by atoms with Crippen LogP contribution in [0.5, 0.6) is 0 Å². The molecule has 1 aromatic heterocycles. The summed E-state index contributed by atoms with van der Waals surface area (Å²) in [5.41, 5.74) is 7.92. The van der Waals surface area contributed by atoms with Crippen LogP contribution >= 0.6 is 0 Å². The fourth-order valence-corrected chi connectivity index (χ4v) is 1.23. The molecular weight excluding hydrogens is 150 g/mol.